The Hall–Kier alpha value is -1.56. The number of halogens is 2. The van der Waals surface area contributed by atoms with Crippen LogP contribution < -0.4 is 0 Å². The van der Waals surface area contributed by atoms with Gasteiger partial charge in [-0.3, -0.25) is 0 Å². The molecule has 0 unspecified atom stereocenters. The van der Waals surface area contributed by atoms with E-state index in [1.165, 1.54) is 16.9 Å². The van der Waals surface area contributed by atoms with Crippen LogP contribution in [-0.2, 0) is 5.92 Å². The molecule has 0 atom stereocenters. The Balaban J connectivity index is 2.55. The number of aliphatic hydroxyl groups excluding tert-OH is 1. The Labute approximate surface area is 77.8 Å². The molecule has 14 heavy (non-hydrogen) atoms. The van der Waals surface area contributed by atoms with E-state index in [4.69, 9.17) is 5.11 Å². The predicted octanol–water partition coefficient (Wildman–Crippen LogP) is 0.813. The molecule has 2 aromatic rings. The van der Waals surface area contributed by atoms with Crippen LogP contribution in [0.2, 0.25) is 0 Å². The monoisotopic (exact) mass is 199 g/mol. The Kier molecular flexibility index (Phi) is 1.92. The van der Waals surface area contributed by atoms with Crippen molar-refractivity contribution in [2.75, 3.05) is 6.61 Å². The summed E-state index contributed by atoms with van der Waals surface area (Å²) < 4.78 is 27.2. The first-order valence-corrected chi connectivity index (χ1v) is 3.93. The van der Waals surface area contributed by atoms with Gasteiger partial charge in [0.2, 0.25) is 0 Å². The molecule has 0 amide bonds. The fraction of sp³-hybridized carbons (Fsp3) is 0.250. The van der Waals surface area contributed by atoms with Gasteiger partial charge in [-0.15, -0.1) is 0 Å². The summed E-state index contributed by atoms with van der Waals surface area (Å²) in [5.74, 6) is -3.31. The van der Waals surface area contributed by atoms with E-state index in [2.05, 4.69) is 10.1 Å². The fourth-order valence-electron chi connectivity index (χ4n) is 1.09. The molecule has 1 N–H and O–H groups in total. The number of alkyl halides is 2. The first-order chi connectivity index (χ1) is 6.63. The van der Waals surface area contributed by atoms with Gasteiger partial charge in [0, 0.05) is 18.5 Å². The van der Waals surface area contributed by atoms with E-state index in [0.29, 0.717) is 5.65 Å². The van der Waals surface area contributed by atoms with Gasteiger partial charge in [-0.25, -0.2) is 9.50 Å². The van der Waals surface area contributed by atoms with Crippen LogP contribution in [0.25, 0.3) is 5.65 Å². The highest BCUT2D eigenvalue weighted by Crippen LogP contribution is 2.26. The van der Waals surface area contributed by atoms with E-state index in [1.807, 2.05) is 0 Å². The highest BCUT2D eigenvalue weighted by atomic mass is 19.3. The van der Waals surface area contributed by atoms with Crippen molar-refractivity contribution in [3.8, 4) is 0 Å². The lowest BCUT2D eigenvalue weighted by atomic mass is 10.2. The molecule has 0 fully saturated rings. The molecule has 0 saturated carbocycles. The Morgan fingerprint density at radius 1 is 1.50 bits per heavy atom. The van der Waals surface area contributed by atoms with Gasteiger partial charge in [0.05, 0.1) is 0 Å². The highest BCUT2D eigenvalue weighted by molar-refractivity contribution is 5.39. The normalized spacial score (nSPS) is 12.2. The van der Waals surface area contributed by atoms with Crippen molar-refractivity contribution in [1.82, 2.24) is 14.6 Å². The van der Waals surface area contributed by atoms with Crippen LogP contribution in [0.3, 0.4) is 0 Å². The van der Waals surface area contributed by atoms with Crippen molar-refractivity contribution in [2.24, 2.45) is 0 Å². The number of nitrogens with zero attached hydrogens (tertiary/aromatic N) is 3. The van der Waals surface area contributed by atoms with Crippen molar-refractivity contribution in [2.45, 2.75) is 5.92 Å². The third-order valence-electron chi connectivity index (χ3n) is 1.81. The second-order valence-electron chi connectivity index (χ2n) is 2.81. The van der Waals surface area contributed by atoms with Crippen LogP contribution in [0.5, 0.6) is 0 Å². The van der Waals surface area contributed by atoms with Crippen molar-refractivity contribution in [1.29, 1.82) is 0 Å². The molecule has 2 aromatic heterocycles. The van der Waals surface area contributed by atoms with Gasteiger partial charge in [0.25, 0.3) is 0 Å². The predicted molar refractivity (Wildman–Crippen MR) is 44.0 cm³/mol. The minimum Gasteiger partial charge on any atom is -0.390 e. The number of aromatic nitrogens is 3. The maximum Gasteiger partial charge on any atom is 0.314 e. The number of aliphatic hydroxyl groups is 1. The van der Waals surface area contributed by atoms with Gasteiger partial charge in [0.1, 0.15) is 12.3 Å². The minimum atomic E-state index is -3.31. The molecule has 0 spiro atoms. The molecule has 0 saturated heterocycles. The van der Waals surface area contributed by atoms with Gasteiger partial charge in [-0.05, 0) is 6.07 Å². The van der Waals surface area contributed by atoms with Crippen molar-refractivity contribution in [3.05, 3.63) is 30.2 Å². The third kappa shape index (κ3) is 1.33. The van der Waals surface area contributed by atoms with Gasteiger partial charge >= 0.3 is 5.92 Å². The molecule has 0 aromatic carbocycles. The van der Waals surface area contributed by atoms with E-state index in [0.717, 1.165) is 6.07 Å². The second kappa shape index (κ2) is 2.98. The molecular weight excluding hydrogens is 192 g/mol. The zero-order valence-corrected chi connectivity index (χ0v) is 7.06. The highest BCUT2D eigenvalue weighted by Gasteiger charge is 2.33. The Bertz CT molecular complexity index is 422. The van der Waals surface area contributed by atoms with Crippen molar-refractivity contribution < 1.29 is 13.9 Å². The first kappa shape index (κ1) is 9.01. The van der Waals surface area contributed by atoms with Crippen molar-refractivity contribution >= 4 is 5.65 Å². The lowest BCUT2D eigenvalue weighted by Gasteiger charge is -2.07. The van der Waals surface area contributed by atoms with Crippen LogP contribution in [0.1, 0.15) is 5.69 Å². The summed E-state index contributed by atoms with van der Waals surface area (Å²) in [6.07, 6.45) is 3.00. The maximum absolute atomic E-state index is 13.0. The molecule has 2 rings (SSSR count). The van der Waals surface area contributed by atoms with Gasteiger partial charge in [-0.2, -0.15) is 13.9 Å². The maximum atomic E-state index is 13.0. The summed E-state index contributed by atoms with van der Waals surface area (Å²) >= 11 is 0. The topological polar surface area (TPSA) is 50.4 Å². The van der Waals surface area contributed by atoms with Gasteiger partial charge in [0.15, 0.2) is 5.65 Å². The zero-order chi connectivity index (χ0) is 10.2. The summed E-state index contributed by atoms with van der Waals surface area (Å²) in [5, 5.41) is 12.1. The van der Waals surface area contributed by atoms with E-state index >= 15 is 0 Å². The SMILES string of the molecule is OCC(F)(F)c1cc2ncccn2n1. The molecule has 4 nitrogen and oxygen atoms in total. The Morgan fingerprint density at radius 2 is 2.29 bits per heavy atom. The van der Waals surface area contributed by atoms with Crippen LogP contribution in [-0.4, -0.2) is 26.3 Å². The molecule has 0 radical (unpaired) electrons. The van der Waals surface area contributed by atoms with E-state index in [1.54, 1.807) is 6.07 Å². The lowest BCUT2D eigenvalue weighted by Crippen LogP contribution is -2.19. The molecule has 0 aliphatic rings. The smallest absolute Gasteiger partial charge is 0.314 e. The number of rotatable bonds is 2. The van der Waals surface area contributed by atoms with Gasteiger partial charge in [-0.1, -0.05) is 0 Å². The molecule has 6 heteroatoms. The first-order valence-electron chi connectivity index (χ1n) is 3.93. The summed E-state index contributed by atoms with van der Waals surface area (Å²) in [6, 6.07) is 2.73. The van der Waals surface area contributed by atoms with E-state index in [9.17, 15) is 8.78 Å². The molecular formula is C8H7F2N3O. The number of hydrogen-bond acceptors (Lipinski definition) is 3. The third-order valence-corrected chi connectivity index (χ3v) is 1.81. The minimum absolute atomic E-state index is 0.329. The van der Waals surface area contributed by atoms with Crippen LogP contribution in [0, 0.1) is 0 Å². The summed E-state index contributed by atoms with van der Waals surface area (Å²) in [5.41, 5.74) is -0.144. The summed E-state index contributed by atoms with van der Waals surface area (Å²) in [7, 11) is 0. The fourth-order valence-corrected chi connectivity index (χ4v) is 1.09. The largest absolute Gasteiger partial charge is 0.390 e. The average Bonchev–Trinajstić information content (AvgIpc) is 2.61. The molecule has 2 heterocycles. The number of fused-ring (bicyclic) bond motifs is 1. The van der Waals surface area contributed by atoms with Crippen molar-refractivity contribution in [3.63, 3.8) is 0 Å². The lowest BCUT2D eigenvalue weighted by molar-refractivity contribution is -0.0593. The Morgan fingerprint density at radius 3 is 2.93 bits per heavy atom. The summed E-state index contributed by atoms with van der Waals surface area (Å²) in [6.45, 7) is -1.25. The molecule has 0 aliphatic carbocycles. The summed E-state index contributed by atoms with van der Waals surface area (Å²) in [4.78, 5) is 3.84. The van der Waals surface area contributed by atoms with Crippen LogP contribution in [0.15, 0.2) is 24.5 Å². The molecule has 0 bridgehead atoms. The van der Waals surface area contributed by atoms with Crippen LogP contribution >= 0.6 is 0 Å². The van der Waals surface area contributed by atoms with E-state index in [-0.39, 0.29) is 0 Å². The van der Waals surface area contributed by atoms with Gasteiger partial charge < -0.3 is 5.11 Å². The standard InChI is InChI=1S/C8H7F2N3O/c9-8(10,5-14)6-4-7-11-2-1-3-13(7)12-6/h1-4,14H,5H2. The second-order valence-corrected chi connectivity index (χ2v) is 2.81. The molecule has 0 aliphatic heterocycles. The molecule has 74 valence electrons. The quantitative estimate of drug-likeness (QED) is 0.778. The average molecular weight is 199 g/mol. The van der Waals surface area contributed by atoms with E-state index < -0.39 is 18.2 Å². The van der Waals surface area contributed by atoms with Crippen LogP contribution in [0.4, 0.5) is 8.78 Å². The zero-order valence-electron chi connectivity index (χ0n) is 7.06. The number of hydrogen-bond donors (Lipinski definition) is 1.